The van der Waals surface area contributed by atoms with Gasteiger partial charge in [0.2, 0.25) is 11.7 Å². The van der Waals surface area contributed by atoms with Gasteiger partial charge in [-0.25, -0.2) is 0 Å². The second kappa shape index (κ2) is 8.43. The molecule has 1 aliphatic rings. The van der Waals surface area contributed by atoms with Crippen LogP contribution in [0, 0.1) is 0 Å². The molecule has 7 nitrogen and oxygen atoms in total. The van der Waals surface area contributed by atoms with Gasteiger partial charge in [-0.3, -0.25) is 0 Å². The minimum atomic E-state index is 0.509. The van der Waals surface area contributed by atoms with Gasteiger partial charge in [-0.1, -0.05) is 5.16 Å². The summed E-state index contributed by atoms with van der Waals surface area (Å²) in [5.41, 5.74) is 0.799. The molecule has 1 aromatic heterocycles. The predicted molar refractivity (Wildman–Crippen MR) is 104 cm³/mol. The van der Waals surface area contributed by atoms with Gasteiger partial charge in [0.25, 0.3) is 0 Å². The second-order valence-electron chi connectivity index (χ2n) is 6.03. The summed E-state index contributed by atoms with van der Waals surface area (Å²) in [6, 6.07) is 11.4. The lowest BCUT2D eigenvalue weighted by molar-refractivity contribution is 0.297. The van der Waals surface area contributed by atoms with Gasteiger partial charge in [0.05, 0.1) is 33.2 Å². The van der Waals surface area contributed by atoms with E-state index < -0.39 is 0 Å². The molecular weight excluding hydrogens is 380 g/mol. The number of aromatic nitrogens is 2. The van der Waals surface area contributed by atoms with E-state index in [1.54, 1.807) is 26.0 Å². The highest BCUT2D eigenvalue weighted by atomic mass is 32.2. The Morgan fingerprint density at radius 2 is 1.79 bits per heavy atom. The van der Waals surface area contributed by atoms with Crippen LogP contribution in [0.1, 0.15) is 12.3 Å². The average molecular weight is 400 g/mol. The molecule has 0 radical (unpaired) electrons. The summed E-state index contributed by atoms with van der Waals surface area (Å²) in [6.07, 6.45) is 0.887. The van der Waals surface area contributed by atoms with Gasteiger partial charge >= 0.3 is 0 Å². The average Bonchev–Trinajstić information content (AvgIpc) is 3.09. The van der Waals surface area contributed by atoms with Gasteiger partial charge in [-0.15, -0.1) is 11.8 Å². The van der Waals surface area contributed by atoms with Crippen LogP contribution < -0.4 is 18.9 Å². The van der Waals surface area contributed by atoms with Gasteiger partial charge in [-0.05, 0) is 36.4 Å². The summed E-state index contributed by atoms with van der Waals surface area (Å²) < 4.78 is 27.4. The Hall–Kier alpha value is -2.87. The van der Waals surface area contributed by atoms with Crippen LogP contribution in [0.4, 0.5) is 0 Å². The van der Waals surface area contributed by atoms with Crippen LogP contribution in [0.5, 0.6) is 23.0 Å². The van der Waals surface area contributed by atoms with Crippen LogP contribution in [0.3, 0.4) is 0 Å². The van der Waals surface area contributed by atoms with Crippen molar-refractivity contribution < 1.29 is 23.5 Å². The Balaban J connectivity index is 1.45. The summed E-state index contributed by atoms with van der Waals surface area (Å²) in [7, 11) is 3.19. The van der Waals surface area contributed by atoms with Crippen molar-refractivity contribution in [2.24, 2.45) is 0 Å². The third kappa shape index (κ3) is 4.01. The molecule has 0 amide bonds. The molecule has 0 atom stereocenters. The van der Waals surface area contributed by atoms with Crippen molar-refractivity contribution in [3.05, 3.63) is 42.3 Å². The van der Waals surface area contributed by atoms with E-state index in [-0.39, 0.29) is 0 Å². The maximum atomic E-state index is 5.73. The number of hydrogen-bond donors (Lipinski definition) is 0. The van der Waals surface area contributed by atoms with E-state index >= 15 is 0 Å². The minimum absolute atomic E-state index is 0.509. The zero-order valence-electron chi connectivity index (χ0n) is 15.6. The van der Waals surface area contributed by atoms with Crippen molar-refractivity contribution in [2.45, 2.75) is 17.1 Å². The quantitative estimate of drug-likeness (QED) is 0.570. The first-order chi connectivity index (χ1) is 13.8. The first-order valence-corrected chi connectivity index (χ1v) is 9.83. The molecule has 4 rings (SSSR count). The first-order valence-electron chi connectivity index (χ1n) is 8.84. The lowest BCUT2D eigenvalue weighted by atomic mass is 10.2. The van der Waals surface area contributed by atoms with Gasteiger partial charge in [0, 0.05) is 16.9 Å². The summed E-state index contributed by atoms with van der Waals surface area (Å²) in [4.78, 5) is 5.53. The number of nitrogens with zero attached hydrogens (tertiary/aromatic N) is 2. The SMILES string of the molecule is COc1ccc(-c2noc(CSc3ccc4c(c3)OCCCO4)n2)cc1OC. The molecule has 0 N–H and O–H groups in total. The molecule has 0 aliphatic carbocycles. The number of hydrogen-bond acceptors (Lipinski definition) is 8. The fraction of sp³-hybridized carbons (Fsp3) is 0.300. The Kier molecular flexibility index (Phi) is 5.57. The maximum absolute atomic E-state index is 5.73. The lowest BCUT2D eigenvalue weighted by Gasteiger charge is -2.08. The number of methoxy groups -OCH3 is 2. The van der Waals surface area contributed by atoms with Gasteiger partial charge < -0.3 is 23.5 Å². The number of thioether (sulfide) groups is 1. The Morgan fingerprint density at radius 3 is 2.61 bits per heavy atom. The molecule has 0 bridgehead atoms. The van der Waals surface area contributed by atoms with Gasteiger partial charge in [-0.2, -0.15) is 4.98 Å². The van der Waals surface area contributed by atoms with E-state index in [1.807, 2.05) is 36.4 Å². The van der Waals surface area contributed by atoms with Crippen molar-refractivity contribution >= 4 is 11.8 Å². The molecule has 8 heteroatoms. The monoisotopic (exact) mass is 400 g/mol. The third-order valence-corrected chi connectivity index (χ3v) is 5.17. The highest BCUT2D eigenvalue weighted by Gasteiger charge is 2.14. The van der Waals surface area contributed by atoms with Gasteiger partial charge in [0.1, 0.15) is 0 Å². The van der Waals surface area contributed by atoms with Crippen molar-refractivity contribution in [3.63, 3.8) is 0 Å². The molecule has 1 aliphatic heterocycles. The predicted octanol–water partition coefficient (Wildman–Crippen LogP) is 4.21. The van der Waals surface area contributed by atoms with Crippen LogP contribution in [-0.2, 0) is 5.75 Å². The van der Waals surface area contributed by atoms with E-state index in [4.69, 9.17) is 23.5 Å². The largest absolute Gasteiger partial charge is 0.493 e. The number of ether oxygens (including phenoxy) is 4. The smallest absolute Gasteiger partial charge is 0.237 e. The Bertz CT molecular complexity index is 960. The second-order valence-corrected chi connectivity index (χ2v) is 7.08. The van der Waals surface area contributed by atoms with E-state index in [2.05, 4.69) is 10.1 Å². The molecule has 0 saturated heterocycles. The molecule has 0 unspecified atom stereocenters. The van der Waals surface area contributed by atoms with Crippen molar-refractivity contribution in [2.75, 3.05) is 27.4 Å². The maximum Gasteiger partial charge on any atom is 0.237 e. The van der Waals surface area contributed by atoms with E-state index in [0.29, 0.717) is 42.2 Å². The molecule has 2 heterocycles. The molecule has 28 heavy (non-hydrogen) atoms. The van der Waals surface area contributed by atoms with Crippen molar-refractivity contribution in [3.8, 4) is 34.4 Å². The molecule has 2 aromatic carbocycles. The van der Waals surface area contributed by atoms with Crippen molar-refractivity contribution in [1.82, 2.24) is 10.1 Å². The van der Waals surface area contributed by atoms with Crippen LogP contribution in [0.2, 0.25) is 0 Å². The number of benzene rings is 2. The number of rotatable bonds is 6. The van der Waals surface area contributed by atoms with E-state index in [9.17, 15) is 0 Å². The summed E-state index contributed by atoms with van der Waals surface area (Å²) in [5, 5.41) is 4.07. The first kappa shape index (κ1) is 18.5. The molecule has 0 spiro atoms. The molecule has 0 fully saturated rings. The summed E-state index contributed by atoms with van der Waals surface area (Å²) in [6.45, 7) is 1.35. The van der Waals surface area contributed by atoms with Gasteiger partial charge in [0.15, 0.2) is 23.0 Å². The molecule has 146 valence electrons. The molecule has 0 saturated carbocycles. The fourth-order valence-electron chi connectivity index (χ4n) is 2.78. The van der Waals surface area contributed by atoms with Crippen LogP contribution in [-0.4, -0.2) is 37.6 Å². The van der Waals surface area contributed by atoms with E-state index in [0.717, 1.165) is 28.4 Å². The normalized spacial score (nSPS) is 13.1. The molecular formula is C20H20N2O5S. The highest BCUT2D eigenvalue weighted by Crippen LogP contribution is 2.35. The van der Waals surface area contributed by atoms with E-state index in [1.165, 1.54) is 0 Å². The summed E-state index contributed by atoms with van der Waals surface area (Å²) in [5.74, 6) is 4.44. The third-order valence-electron chi connectivity index (χ3n) is 4.19. The van der Waals surface area contributed by atoms with Crippen molar-refractivity contribution in [1.29, 1.82) is 0 Å². The zero-order chi connectivity index (χ0) is 19.3. The Morgan fingerprint density at radius 1 is 0.964 bits per heavy atom. The lowest BCUT2D eigenvalue weighted by Crippen LogP contribution is -1.97. The summed E-state index contributed by atoms with van der Waals surface area (Å²) >= 11 is 1.60. The van der Waals surface area contributed by atoms with Crippen LogP contribution >= 0.6 is 11.8 Å². The topological polar surface area (TPSA) is 75.8 Å². The number of fused-ring (bicyclic) bond motifs is 1. The standard InChI is InChI=1S/C20H20N2O5S/c1-23-15-6-4-13(10-17(15)24-2)20-21-19(27-22-20)12-28-14-5-7-16-18(11-14)26-9-3-8-25-16/h4-7,10-11H,3,8-9,12H2,1-2H3. The zero-order valence-corrected chi connectivity index (χ0v) is 16.5. The van der Waals surface area contributed by atoms with Crippen LogP contribution in [0.25, 0.3) is 11.4 Å². The highest BCUT2D eigenvalue weighted by molar-refractivity contribution is 7.98. The van der Waals surface area contributed by atoms with Crippen LogP contribution in [0.15, 0.2) is 45.8 Å². The Labute approximate surface area is 166 Å². The fourth-order valence-corrected chi connectivity index (χ4v) is 3.55. The molecule has 3 aromatic rings. The minimum Gasteiger partial charge on any atom is -0.493 e.